The van der Waals surface area contributed by atoms with Gasteiger partial charge in [-0.2, -0.15) is 15.0 Å². The molecule has 4 heterocycles. The van der Waals surface area contributed by atoms with Gasteiger partial charge in [0.25, 0.3) is 0 Å². The maximum absolute atomic E-state index is 10.7. The summed E-state index contributed by atoms with van der Waals surface area (Å²) in [5.74, 6) is 1.52. The van der Waals surface area contributed by atoms with E-state index in [1.165, 1.54) is 17.6 Å². The minimum Gasteiger partial charge on any atom is -0.507 e. The van der Waals surface area contributed by atoms with Crippen LogP contribution in [0.15, 0.2) is 36.7 Å². The van der Waals surface area contributed by atoms with Crippen LogP contribution in [0.1, 0.15) is 12.8 Å². The number of rotatable bonds is 4. The van der Waals surface area contributed by atoms with Crippen LogP contribution in [0, 0.1) is 5.92 Å². The third-order valence-corrected chi connectivity index (χ3v) is 6.16. The third-order valence-electron chi connectivity index (χ3n) is 6.16. The molecule has 1 saturated carbocycles. The summed E-state index contributed by atoms with van der Waals surface area (Å²) in [5, 5.41) is 31.5. The Balaban J connectivity index is 1.23. The van der Waals surface area contributed by atoms with Crippen molar-refractivity contribution >= 4 is 17.0 Å². The third kappa shape index (κ3) is 3.52. The predicted molar refractivity (Wildman–Crippen MR) is 119 cm³/mol. The lowest BCUT2D eigenvalue weighted by molar-refractivity contribution is 0.414. The number of pyridine rings is 1. The lowest BCUT2D eigenvalue weighted by atomic mass is 10.1. The fourth-order valence-electron chi connectivity index (χ4n) is 4.31. The summed E-state index contributed by atoms with van der Waals surface area (Å²) in [6.07, 6.45) is 5.97. The minimum absolute atomic E-state index is 0.100. The number of phenolic OH excluding ortho intramolecular Hbond substituents is 1. The second-order valence-electron chi connectivity index (χ2n) is 8.47. The number of piperazine rings is 1. The highest BCUT2D eigenvalue weighted by atomic mass is 16.3. The summed E-state index contributed by atoms with van der Waals surface area (Å²) in [6.45, 7) is 2.71. The molecule has 0 bridgehead atoms. The van der Waals surface area contributed by atoms with Gasteiger partial charge in [-0.3, -0.25) is 4.98 Å². The van der Waals surface area contributed by atoms with Crippen molar-refractivity contribution in [3.8, 4) is 28.3 Å². The SMILES string of the molecule is Cn1nc2cnc(-c3ccc(-c4cnc(N5CCN[C@@H](C6CC6)C5)nn4)c(O)c3)cc2n1. The van der Waals surface area contributed by atoms with E-state index in [1.807, 2.05) is 18.2 Å². The number of anilines is 1. The van der Waals surface area contributed by atoms with Gasteiger partial charge < -0.3 is 15.3 Å². The second kappa shape index (κ2) is 7.49. The quantitative estimate of drug-likeness (QED) is 0.500. The van der Waals surface area contributed by atoms with E-state index >= 15 is 0 Å². The van der Waals surface area contributed by atoms with Crippen LogP contribution in [0.3, 0.4) is 0 Å². The summed E-state index contributed by atoms with van der Waals surface area (Å²) in [7, 11) is 1.77. The largest absolute Gasteiger partial charge is 0.507 e. The average Bonchev–Trinajstić information content (AvgIpc) is 3.60. The molecule has 0 unspecified atom stereocenters. The molecular formula is C22H23N9O. The summed E-state index contributed by atoms with van der Waals surface area (Å²) in [4.78, 5) is 12.7. The molecule has 2 aliphatic rings. The Hall–Kier alpha value is -3.66. The molecule has 0 amide bonds. The topological polar surface area (TPSA) is 118 Å². The van der Waals surface area contributed by atoms with Gasteiger partial charge >= 0.3 is 0 Å². The predicted octanol–water partition coefficient (Wildman–Crippen LogP) is 1.78. The van der Waals surface area contributed by atoms with Gasteiger partial charge in [0, 0.05) is 43.9 Å². The molecule has 2 fully saturated rings. The van der Waals surface area contributed by atoms with Crippen molar-refractivity contribution < 1.29 is 5.11 Å². The first kappa shape index (κ1) is 19.1. The van der Waals surface area contributed by atoms with E-state index in [9.17, 15) is 5.11 Å². The van der Waals surface area contributed by atoms with Crippen molar-refractivity contribution in [3.63, 3.8) is 0 Å². The van der Waals surface area contributed by atoms with Crippen LogP contribution >= 0.6 is 0 Å². The first-order valence-electron chi connectivity index (χ1n) is 10.8. The van der Waals surface area contributed by atoms with Gasteiger partial charge in [0.15, 0.2) is 0 Å². The molecule has 1 saturated heterocycles. The van der Waals surface area contributed by atoms with E-state index in [0.717, 1.165) is 42.1 Å². The van der Waals surface area contributed by atoms with Crippen LogP contribution in [0.5, 0.6) is 5.75 Å². The van der Waals surface area contributed by atoms with Gasteiger partial charge in [0.2, 0.25) is 5.95 Å². The lowest BCUT2D eigenvalue weighted by Crippen LogP contribution is -2.52. The van der Waals surface area contributed by atoms with Crippen LogP contribution < -0.4 is 10.2 Å². The highest BCUT2D eigenvalue weighted by Crippen LogP contribution is 2.34. The van der Waals surface area contributed by atoms with Crippen molar-refractivity contribution in [3.05, 3.63) is 36.7 Å². The standard InChI is InChI=1S/C22H23N9O/c1-30-28-17-9-16(24-11-19(17)29-30)14-4-5-15(21(32)8-14)18-10-25-22(27-26-18)31-7-6-23-20(12-31)13-2-3-13/h4-5,8-11,13,20,23,32H,2-3,6-7,12H2,1H3/t20-/m1/s1. The monoisotopic (exact) mass is 429 g/mol. The zero-order chi connectivity index (χ0) is 21.7. The Morgan fingerprint density at radius 1 is 1.00 bits per heavy atom. The molecule has 162 valence electrons. The lowest BCUT2D eigenvalue weighted by Gasteiger charge is -2.33. The number of fused-ring (bicyclic) bond motifs is 1. The Morgan fingerprint density at radius 3 is 2.66 bits per heavy atom. The number of nitrogens with zero attached hydrogens (tertiary/aromatic N) is 8. The molecule has 1 aliphatic carbocycles. The van der Waals surface area contributed by atoms with Crippen molar-refractivity contribution in [2.45, 2.75) is 18.9 Å². The van der Waals surface area contributed by atoms with E-state index < -0.39 is 0 Å². The van der Waals surface area contributed by atoms with Gasteiger partial charge in [0.1, 0.15) is 22.5 Å². The number of benzene rings is 1. The van der Waals surface area contributed by atoms with Crippen LogP contribution in [0.4, 0.5) is 5.95 Å². The number of hydrogen-bond acceptors (Lipinski definition) is 9. The highest BCUT2D eigenvalue weighted by Gasteiger charge is 2.34. The van der Waals surface area contributed by atoms with E-state index in [-0.39, 0.29) is 5.75 Å². The Kier molecular flexibility index (Phi) is 4.46. The Bertz CT molecular complexity index is 1280. The van der Waals surface area contributed by atoms with Crippen molar-refractivity contribution in [2.75, 3.05) is 24.5 Å². The summed E-state index contributed by atoms with van der Waals surface area (Å²) in [6, 6.07) is 7.75. The maximum atomic E-state index is 10.7. The van der Waals surface area contributed by atoms with Gasteiger partial charge in [-0.05, 0) is 37.0 Å². The molecule has 1 aromatic carbocycles. The van der Waals surface area contributed by atoms with E-state index in [1.54, 1.807) is 25.5 Å². The van der Waals surface area contributed by atoms with Gasteiger partial charge in [-0.1, -0.05) is 6.07 Å². The second-order valence-corrected chi connectivity index (χ2v) is 8.47. The van der Waals surface area contributed by atoms with Crippen LogP contribution in [-0.2, 0) is 7.05 Å². The van der Waals surface area contributed by atoms with E-state index in [0.29, 0.717) is 28.9 Å². The van der Waals surface area contributed by atoms with Crippen LogP contribution in [0.2, 0.25) is 0 Å². The number of aromatic nitrogens is 7. The van der Waals surface area contributed by atoms with E-state index in [4.69, 9.17) is 0 Å². The zero-order valence-electron chi connectivity index (χ0n) is 17.7. The van der Waals surface area contributed by atoms with Gasteiger partial charge in [0.05, 0.1) is 18.1 Å². The van der Waals surface area contributed by atoms with Crippen LogP contribution in [0.25, 0.3) is 33.5 Å². The smallest absolute Gasteiger partial charge is 0.245 e. The molecule has 32 heavy (non-hydrogen) atoms. The number of nitrogens with one attached hydrogen (secondary N) is 1. The molecule has 10 nitrogen and oxygen atoms in total. The Labute approximate surface area is 184 Å². The molecule has 1 aliphatic heterocycles. The normalized spacial score (nSPS) is 18.9. The summed E-state index contributed by atoms with van der Waals surface area (Å²) < 4.78 is 0. The first-order valence-corrected chi connectivity index (χ1v) is 10.8. The molecule has 6 rings (SSSR count). The fraction of sp³-hybridized carbons (Fsp3) is 0.364. The van der Waals surface area contributed by atoms with Gasteiger partial charge in [-0.15, -0.1) is 10.2 Å². The van der Waals surface area contributed by atoms with Crippen molar-refractivity contribution in [1.29, 1.82) is 0 Å². The van der Waals surface area contributed by atoms with Crippen molar-refractivity contribution in [1.82, 2.24) is 40.5 Å². The molecular weight excluding hydrogens is 406 g/mol. The first-order chi connectivity index (χ1) is 15.6. The Morgan fingerprint density at radius 2 is 1.88 bits per heavy atom. The zero-order valence-corrected chi connectivity index (χ0v) is 17.7. The van der Waals surface area contributed by atoms with Gasteiger partial charge in [-0.25, -0.2) is 4.98 Å². The highest BCUT2D eigenvalue weighted by molar-refractivity contribution is 5.79. The molecule has 4 aromatic rings. The molecule has 10 heteroatoms. The number of aromatic hydroxyl groups is 1. The average molecular weight is 429 g/mol. The molecule has 1 atom stereocenters. The van der Waals surface area contributed by atoms with Crippen LogP contribution in [-0.4, -0.2) is 65.9 Å². The molecule has 0 radical (unpaired) electrons. The molecule has 0 spiro atoms. The number of hydrogen-bond donors (Lipinski definition) is 2. The number of phenols is 1. The maximum Gasteiger partial charge on any atom is 0.245 e. The fourth-order valence-corrected chi connectivity index (χ4v) is 4.31. The van der Waals surface area contributed by atoms with E-state index in [2.05, 4.69) is 40.6 Å². The summed E-state index contributed by atoms with van der Waals surface area (Å²) >= 11 is 0. The number of aryl methyl sites for hydroxylation is 1. The van der Waals surface area contributed by atoms with Crippen molar-refractivity contribution in [2.24, 2.45) is 13.0 Å². The molecule has 2 N–H and O–H groups in total. The summed E-state index contributed by atoms with van der Waals surface area (Å²) in [5.41, 5.74) is 4.09. The minimum atomic E-state index is 0.100. The molecule has 3 aromatic heterocycles.